The summed E-state index contributed by atoms with van der Waals surface area (Å²) in [5.41, 5.74) is 0.725. The molecule has 0 aromatic heterocycles. The van der Waals surface area contributed by atoms with E-state index in [2.05, 4.69) is 5.32 Å². The lowest BCUT2D eigenvalue weighted by Crippen LogP contribution is -2.39. The molecule has 0 radical (unpaired) electrons. The van der Waals surface area contributed by atoms with E-state index in [9.17, 15) is 9.59 Å². The van der Waals surface area contributed by atoms with Crippen molar-refractivity contribution in [3.05, 3.63) is 18.2 Å². The minimum absolute atomic E-state index is 0.0225. The monoisotopic (exact) mass is 332 g/mol. The molecule has 0 bridgehead atoms. The van der Waals surface area contributed by atoms with E-state index in [-0.39, 0.29) is 30.2 Å². The summed E-state index contributed by atoms with van der Waals surface area (Å²) in [6.07, 6.45) is 2.61. The van der Waals surface area contributed by atoms with Crippen LogP contribution in [0.25, 0.3) is 0 Å². The maximum atomic E-state index is 12.4. The Morgan fingerprint density at radius 1 is 1.25 bits per heavy atom. The van der Waals surface area contributed by atoms with Crippen LogP contribution in [0.4, 0.5) is 5.69 Å². The molecule has 6 heteroatoms. The predicted molar refractivity (Wildman–Crippen MR) is 90.3 cm³/mol. The minimum atomic E-state index is -0.299. The first-order valence-corrected chi connectivity index (χ1v) is 8.36. The van der Waals surface area contributed by atoms with Crippen LogP contribution in [0.1, 0.15) is 26.2 Å². The summed E-state index contributed by atoms with van der Waals surface area (Å²) in [5.74, 6) is 1.42. The number of anilines is 1. The van der Waals surface area contributed by atoms with E-state index in [1.807, 2.05) is 13.0 Å². The summed E-state index contributed by atoms with van der Waals surface area (Å²) in [4.78, 5) is 26.4. The molecular weight excluding hydrogens is 308 g/mol. The molecule has 1 saturated carbocycles. The normalized spacial score (nSPS) is 21.5. The van der Waals surface area contributed by atoms with Crippen LogP contribution >= 0.6 is 0 Å². The Kier molecular flexibility index (Phi) is 4.64. The van der Waals surface area contributed by atoms with Gasteiger partial charge in [-0.1, -0.05) is 0 Å². The van der Waals surface area contributed by atoms with Gasteiger partial charge in [0.1, 0.15) is 0 Å². The highest BCUT2D eigenvalue weighted by Crippen LogP contribution is 2.35. The molecule has 24 heavy (non-hydrogen) atoms. The van der Waals surface area contributed by atoms with Crippen molar-refractivity contribution in [1.82, 2.24) is 5.32 Å². The average molecular weight is 332 g/mol. The first-order valence-electron chi connectivity index (χ1n) is 8.36. The third-order valence-electron chi connectivity index (χ3n) is 4.87. The number of methoxy groups -OCH3 is 2. The fraction of sp³-hybridized carbons (Fsp3) is 0.556. The molecule has 2 fully saturated rings. The van der Waals surface area contributed by atoms with Gasteiger partial charge < -0.3 is 19.7 Å². The Hall–Kier alpha value is -2.24. The van der Waals surface area contributed by atoms with Crippen molar-refractivity contribution in [2.24, 2.45) is 11.8 Å². The zero-order valence-electron chi connectivity index (χ0n) is 14.4. The van der Waals surface area contributed by atoms with Crippen LogP contribution in [0.2, 0.25) is 0 Å². The van der Waals surface area contributed by atoms with Gasteiger partial charge in [-0.3, -0.25) is 9.59 Å². The van der Waals surface area contributed by atoms with Crippen LogP contribution < -0.4 is 19.7 Å². The minimum Gasteiger partial charge on any atom is -0.493 e. The number of nitrogens with zero attached hydrogens (tertiary/aromatic N) is 1. The number of hydrogen-bond acceptors (Lipinski definition) is 4. The number of ether oxygens (including phenoxy) is 2. The molecule has 1 N–H and O–H groups in total. The summed E-state index contributed by atoms with van der Waals surface area (Å²) in [6.45, 7) is 2.44. The van der Waals surface area contributed by atoms with Gasteiger partial charge in [0.05, 0.1) is 20.1 Å². The van der Waals surface area contributed by atoms with Crippen molar-refractivity contribution in [2.75, 3.05) is 25.7 Å². The zero-order valence-corrected chi connectivity index (χ0v) is 14.4. The second-order valence-corrected chi connectivity index (χ2v) is 6.58. The molecular formula is C18H24N2O4. The Morgan fingerprint density at radius 3 is 2.58 bits per heavy atom. The van der Waals surface area contributed by atoms with E-state index in [0.29, 0.717) is 24.0 Å². The highest BCUT2D eigenvalue weighted by molar-refractivity contribution is 6.00. The van der Waals surface area contributed by atoms with Gasteiger partial charge in [-0.2, -0.15) is 0 Å². The molecule has 2 atom stereocenters. The van der Waals surface area contributed by atoms with Crippen LogP contribution in [0.5, 0.6) is 11.5 Å². The number of hydrogen-bond donors (Lipinski definition) is 1. The van der Waals surface area contributed by atoms with Crippen molar-refractivity contribution >= 4 is 17.5 Å². The molecule has 0 spiro atoms. The Labute approximate surface area is 142 Å². The van der Waals surface area contributed by atoms with Gasteiger partial charge in [0.2, 0.25) is 11.8 Å². The van der Waals surface area contributed by atoms with E-state index in [4.69, 9.17) is 9.47 Å². The molecule has 3 rings (SSSR count). The van der Waals surface area contributed by atoms with E-state index in [0.717, 1.165) is 5.69 Å². The van der Waals surface area contributed by atoms with Gasteiger partial charge >= 0.3 is 0 Å². The lowest BCUT2D eigenvalue weighted by atomic mass is 10.1. The molecule has 1 aliphatic carbocycles. The average Bonchev–Trinajstić information content (AvgIpc) is 3.36. The number of nitrogens with one attached hydrogen (secondary N) is 1. The highest BCUT2D eigenvalue weighted by Gasteiger charge is 2.37. The van der Waals surface area contributed by atoms with Gasteiger partial charge in [-0.15, -0.1) is 0 Å². The summed E-state index contributed by atoms with van der Waals surface area (Å²) in [6, 6.07) is 5.54. The fourth-order valence-electron chi connectivity index (χ4n) is 3.18. The molecule has 1 saturated heterocycles. The van der Waals surface area contributed by atoms with Gasteiger partial charge in [-0.25, -0.2) is 0 Å². The van der Waals surface area contributed by atoms with Gasteiger partial charge in [0.15, 0.2) is 11.5 Å². The SMILES string of the molecule is COc1ccc(N2CC(C(=O)NC(C)C3CC3)CC2=O)cc1OC. The Balaban J connectivity index is 1.69. The molecule has 1 heterocycles. The molecule has 2 aliphatic rings. The second-order valence-electron chi connectivity index (χ2n) is 6.58. The van der Waals surface area contributed by atoms with Crippen molar-refractivity contribution < 1.29 is 19.1 Å². The quantitative estimate of drug-likeness (QED) is 0.865. The number of benzene rings is 1. The molecule has 2 unspecified atom stereocenters. The Bertz CT molecular complexity index is 642. The molecule has 2 amide bonds. The standard InChI is InChI=1S/C18H24N2O4/c1-11(12-4-5-12)19-18(22)13-8-17(21)20(10-13)14-6-7-15(23-2)16(9-14)24-3/h6-7,9,11-13H,4-5,8,10H2,1-3H3,(H,19,22). The third-order valence-corrected chi connectivity index (χ3v) is 4.87. The number of amides is 2. The summed E-state index contributed by atoms with van der Waals surface area (Å²) >= 11 is 0. The summed E-state index contributed by atoms with van der Waals surface area (Å²) < 4.78 is 10.5. The van der Waals surface area contributed by atoms with Crippen molar-refractivity contribution in [1.29, 1.82) is 0 Å². The molecule has 1 aliphatic heterocycles. The molecule has 1 aromatic carbocycles. The summed E-state index contributed by atoms with van der Waals surface area (Å²) in [7, 11) is 3.13. The van der Waals surface area contributed by atoms with Crippen LogP contribution in [-0.4, -0.2) is 38.6 Å². The van der Waals surface area contributed by atoms with E-state index >= 15 is 0 Å². The van der Waals surface area contributed by atoms with Gasteiger partial charge in [-0.05, 0) is 37.8 Å². The van der Waals surface area contributed by atoms with E-state index in [1.54, 1.807) is 31.3 Å². The van der Waals surface area contributed by atoms with E-state index < -0.39 is 0 Å². The zero-order chi connectivity index (χ0) is 17.3. The maximum Gasteiger partial charge on any atom is 0.227 e. The maximum absolute atomic E-state index is 12.4. The molecule has 1 aromatic rings. The Morgan fingerprint density at radius 2 is 1.96 bits per heavy atom. The number of carbonyl (C=O) groups excluding carboxylic acids is 2. The number of carbonyl (C=O) groups is 2. The van der Waals surface area contributed by atoms with Crippen molar-refractivity contribution in [2.45, 2.75) is 32.2 Å². The van der Waals surface area contributed by atoms with Crippen LogP contribution in [0.3, 0.4) is 0 Å². The second kappa shape index (κ2) is 6.71. The lowest BCUT2D eigenvalue weighted by molar-refractivity contribution is -0.127. The third kappa shape index (κ3) is 3.32. The molecule has 130 valence electrons. The van der Waals surface area contributed by atoms with Crippen molar-refractivity contribution in [3.63, 3.8) is 0 Å². The first kappa shape index (κ1) is 16.6. The van der Waals surface area contributed by atoms with Gasteiger partial charge in [0, 0.05) is 30.8 Å². The molecule has 6 nitrogen and oxygen atoms in total. The van der Waals surface area contributed by atoms with Crippen LogP contribution in [0.15, 0.2) is 18.2 Å². The summed E-state index contributed by atoms with van der Waals surface area (Å²) in [5, 5.41) is 3.05. The smallest absolute Gasteiger partial charge is 0.227 e. The van der Waals surface area contributed by atoms with Crippen LogP contribution in [0, 0.1) is 11.8 Å². The predicted octanol–water partition coefficient (Wildman–Crippen LogP) is 1.97. The largest absolute Gasteiger partial charge is 0.493 e. The topological polar surface area (TPSA) is 67.9 Å². The fourth-order valence-corrected chi connectivity index (χ4v) is 3.18. The van der Waals surface area contributed by atoms with Crippen molar-refractivity contribution in [3.8, 4) is 11.5 Å². The lowest BCUT2D eigenvalue weighted by Gasteiger charge is -2.19. The van der Waals surface area contributed by atoms with E-state index in [1.165, 1.54) is 12.8 Å². The first-order chi connectivity index (χ1) is 11.5. The van der Waals surface area contributed by atoms with Gasteiger partial charge in [0.25, 0.3) is 0 Å². The number of rotatable bonds is 6. The highest BCUT2D eigenvalue weighted by atomic mass is 16.5. The van der Waals surface area contributed by atoms with Crippen LogP contribution in [-0.2, 0) is 9.59 Å².